The first-order chi connectivity index (χ1) is 12.4. The zero-order valence-corrected chi connectivity index (χ0v) is 16.1. The summed E-state index contributed by atoms with van der Waals surface area (Å²) in [6.07, 6.45) is 1.49. The Labute approximate surface area is 156 Å². The highest BCUT2D eigenvalue weighted by molar-refractivity contribution is 7.13. The molecule has 0 aliphatic heterocycles. The number of nitrogens with zero attached hydrogens (tertiary/aromatic N) is 2. The number of thiophene rings is 1. The van der Waals surface area contributed by atoms with Gasteiger partial charge in [-0.05, 0) is 42.0 Å². The van der Waals surface area contributed by atoms with Crippen molar-refractivity contribution in [2.45, 2.75) is 26.7 Å². The van der Waals surface area contributed by atoms with Gasteiger partial charge in [-0.15, -0.1) is 11.3 Å². The van der Waals surface area contributed by atoms with Crippen LogP contribution in [-0.2, 0) is 0 Å². The molecule has 26 heavy (non-hydrogen) atoms. The van der Waals surface area contributed by atoms with Gasteiger partial charge >= 0.3 is 0 Å². The van der Waals surface area contributed by atoms with Crippen LogP contribution < -0.4 is 20.9 Å². The summed E-state index contributed by atoms with van der Waals surface area (Å²) < 4.78 is 11.7. The zero-order chi connectivity index (χ0) is 18.8. The SMILES string of the molecule is COc1cc(C(C)C)c(Oc2cnc(N)nc2N)cc1-c1cc(C)cs1. The van der Waals surface area contributed by atoms with Crippen LogP contribution in [0, 0.1) is 6.92 Å². The first kappa shape index (κ1) is 18.0. The largest absolute Gasteiger partial charge is 0.496 e. The van der Waals surface area contributed by atoms with Crippen molar-refractivity contribution < 1.29 is 9.47 Å². The fraction of sp³-hybridized carbons (Fsp3) is 0.263. The fourth-order valence-corrected chi connectivity index (χ4v) is 3.57. The molecular weight excluding hydrogens is 348 g/mol. The van der Waals surface area contributed by atoms with Crippen molar-refractivity contribution in [2.24, 2.45) is 0 Å². The van der Waals surface area contributed by atoms with Gasteiger partial charge < -0.3 is 20.9 Å². The Bertz CT molecular complexity index is 937. The minimum Gasteiger partial charge on any atom is -0.496 e. The molecule has 136 valence electrons. The van der Waals surface area contributed by atoms with Gasteiger partial charge in [0.15, 0.2) is 11.6 Å². The molecule has 0 atom stereocenters. The third kappa shape index (κ3) is 3.57. The van der Waals surface area contributed by atoms with Gasteiger partial charge in [-0.1, -0.05) is 13.8 Å². The van der Waals surface area contributed by atoms with E-state index < -0.39 is 0 Å². The number of hydrogen-bond donors (Lipinski definition) is 2. The molecule has 2 heterocycles. The number of hydrogen-bond acceptors (Lipinski definition) is 7. The van der Waals surface area contributed by atoms with E-state index in [0.29, 0.717) is 11.5 Å². The molecule has 4 N–H and O–H groups in total. The number of aryl methyl sites for hydroxylation is 1. The number of anilines is 2. The lowest BCUT2D eigenvalue weighted by atomic mass is 9.98. The lowest BCUT2D eigenvalue weighted by Crippen LogP contribution is -2.03. The summed E-state index contributed by atoms with van der Waals surface area (Å²) in [5.41, 5.74) is 14.7. The van der Waals surface area contributed by atoms with Gasteiger partial charge in [-0.25, -0.2) is 4.98 Å². The standard InChI is InChI=1S/C19H22N4O2S/c1-10(2)12-6-14(24-4)13(17-5-11(3)9-26-17)7-15(12)25-16-8-22-19(21)23-18(16)20/h5-10H,1-4H3,(H4,20,21,22,23). The number of nitrogen functional groups attached to an aromatic ring is 2. The molecule has 0 saturated heterocycles. The highest BCUT2D eigenvalue weighted by atomic mass is 32.1. The Morgan fingerprint density at radius 2 is 1.85 bits per heavy atom. The van der Waals surface area contributed by atoms with E-state index in [4.69, 9.17) is 20.9 Å². The summed E-state index contributed by atoms with van der Waals surface area (Å²) in [6, 6.07) is 6.12. The van der Waals surface area contributed by atoms with Crippen molar-refractivity contribution in [3.8, 4) is 27.7 Å². The van der Waals surface area contributed by atoms with E-state index in [9.17, 15) is 0 Å². The smallest absolute Gasteiger partial charge is 0.222 e. The zero-order valence-electron chi connectivity index (χ0n) is 15.2. The third-order valence-corrected chi connectivity index (χ3v) is 5.05. The van der Waals surface area contributed by atoms with Crippen LogP contribution in [-0.4, -0.2) is 17.1 Å². The maximum atomic E-state index is 6.07. The normalized spacial score (nSPS) is 11.0. The molecule has 0 bridgehead atoms. The van der Waals surface area contributed by atoms with Gasteiger partial charge in [0, 0.05) is 16.0 Å². The molecule has 6 nitrogen and oxygen atoms in total. The predicted molar refractivity (Wildman–Crippen MR) is 106 cm³/mol. The average molecular weight is 370 g/mol. The van der Waals surface area contributed by atoms with Crippen LogP contribution >= 0.6 is 11.3 Å². The minimum atomic E-state index is 0.114. The molecule has 0 radical (unpaired) electrons. The van der Waals surface area contributed by atoms with Crippen LogP contribution in [0.4, 0.5) is 11.8 Å². The molecule has 0 aliphatic carbocycles. The van der Waals surface area contributed by atoms with Crippen LogP contribution in [0.3, 0.4) is 0 Å². The fourth-order valence-electron chi connectivity index (χ4n) is 2.64. The average Bonchev–Trinajstić information content (AvgIpc) is 3.03. The quantitative estimate of drug-likeness (QED) is 0.681. The van der Waals surface area contributed by atoms with E-state index >= 15 is 0 Å². The Balaban J connectivity index is 2.12. The second-order valence-corrected chi connectivity index (χ2v) is 7.22. The molecule has 0 unspecified atom stereocenters. The van der Waals surface area contributed by atoms with Gasteiger partial charge in [0.05, 0.1) is 13.3 Å². The molecule has 0 amide bonds. The van der Waals surface area contributed by atoms with Crippen LogP contribution in [0.25, 0.3) is 10.4 Å². The van der Waals surface area contributed by atoms with Gasteiger partial charge in [0.1, 0.15) is 11.5 Å². The first-order valence-corrected chi connectivity index (χ1v) is 9.10. The van der Waals surface area contributed by atoms with E-state index in [1.54, 1.807) is 18.4 Å². The molecule has 3 aromatic rings. The molecule has 7 heteroatoms. The Morgan fingerprint density at radius 1 is 1.08 bits per heavy atom. The summed E-state index contributed by atoms with van der Waals surface area (Å²) >= 11 is 1.67. The predicted octanol–water partition coefficient (Wildman–Crippen LogP) is 4.60. The molecule has 0 spiro atoms. The lowest BCUT2D eigenvalue weighted by molar-refractivity contribution is 0.413. The van der Waals surface area contributed by atoms with Gasteiger partial charge in [0.25, 0.3) is 0 Å². The highest BCUT2D eigenvalue weighted by Gasteiger charge is 2.18. The number of methoxy groups -OCH3 is 1. The van der Waals surface area contributed by atoms with E-state index in [-0.39, 0.29) is 17.7 Å². The molecular formula is C19H22N4O2S. The van der Waals surface area contributed by atoms with E-state index in [1.807, 2.05) is 12.1 Å². The molecule has 0 saturated carbocycles. The highest BCUT2D eigenvalue weighted by Crippen LogP contribution is 2.42. The Morgan fingerprint density at radius 3 is 2.42 bits per heavy atom. The van der Waals surface area contributed by atoms with Crippen molar-refractivity contribution in [3.05, 3.63) is 40.9 Å². The summed E-state index contributed by atoms with van der Waals surface area (Å²) in [4.78, 5) is 9.04. The van der Waals surface area contributed by atoms with Crippen molar-refractivity contribution in [1.82, 2.24) is 9.97 Å². The van der Waals surface area contributed by atoms with Crippen molar-refractivity contribution in [1.29, 1.82) is 0 Å². The number of ether oxygens (including phenoxy) is 2. The van der Waals surface area contributed by atoms with Crippen LogP contribution in [0.2, 0.25) is 0 Å². The van der Waals surface area contributed by atoms with Gasteiger partial charge in [-0.3, -0.25) is 0 Å². The molecule has 1 aromatic carbocycles. The van der Waals surface area contributed by atoms with Crippen LogP contribution in [0.1, 0.15) is 30.9 Å². The van der Waals surface area contributed by atoms with E-state index in [1.165, 1.54) is 11.8 Å². The monoisotopic (exact) mass is 370 g/mol. The summed E-state index contributed by atoms with van der Waals surface area (Å²) in [7, 11) is 1.68. The lowest BCUT2D eigenvalue weighted by Gasteiger charge is -2.18. The summed E-state index contributed by atoms with van der Waals surface area (Å²) in [5, 5.41) is 2.11. The number of nitrogens with two attached hydrogens (primary N) is 2. The van der Waals surface area contributed by atoms with Crippen molar-refractivity contribution >= 4 is 23.1 Å². The van der Waals surface area contributed by atoms with E-state index in [0.717, 1.165) is 21.8 Å². The summed E-state index contributed by atoms with van der Waals surface area (Å²) in [5.74, 6) is 2.43. The minimum absolute atomic E-state index is 0.114. The molecule has 2 aromatic heterocycles. The second kappa shape index (κ2) is 7.21. The van der Waals surface area contributed by atoms with Crippen LogP contribution in [0.15, 0.2) is 29.8 Å². The summed E-state index contributed by atoms with van der Waals surface area (Å²) in [6.45, 7) is 6.26. The Kier molecular flexibility index (Phi) is 4.99. The van der Waals surface area contributed by atoms with Crippen molar-refractivity contribution in [3.63, 3.8) is 0 Å². The van der Waals surface area contributed by atoms with Crippen molar-refractivity contribution in [2.75, 3.05) is 18.6 Å². The van der Waals surface area contributed by atoms with Gasteiger partial charge in [0.2, 0.25) is 5.95 Å². The van der Waals surface area contributed by atoms with Crippen LogP contribution in [0.5, 0.6) is 17.2 Å². The van der Waals surface area contributed by atoms with Gasteiger partial charge in [-0.2, -0.15) is 4.98 Å². The number of benzene rings is 1. The molecule has 3 rings (SSSR count). The molecule has 0 aliphatic rings. The Hall–Kier alpha value is -2.80. The number of rotatable bonds is 5. The maximum absolute atomic E-state index is 6.07. The second-order valence-electron chi connectivity index (χ2n) is 6.31. The van der Waals surface area contributed by atoms with E-state index in [2.05, 4.69) is 42.2 Å². The molecule has 0 fully saturated rings. The topological polar surface area (TPSA) is 96.3 Å². The maximum Gasteiger partial charge on any atom is 0.222 e. The first-order valence-electron chi connectivity index (χ1n) is 8.22. The number of aromatic nitrogens is 2. The third-order valence-electron chi connectivity index (χ3n) is 3.97.